The highest BCUT2D eigenvalue weighted by atomic mass is 15.4. The average molecular weight is 182 g/mol. The molecule has 0 amide bonds. The van der Waals surface area contributed by atoms with Crippen LogP contribution >= 0.6 is 0 Å². The molecular formula is C11H22N2. The fraction of sp³-hybridized carbons (Fsp3) is 1.00. The molecule has 0 unspecified atom stereocenters. The molecule has 3 rings (SSSR count). The molecule has 2 nitrogen and oxygen atoms in total. The molecule has 0 radical (unpaired) electrons. The molecule has 3 saturated heterocycles. The average Bonchev–Trinajstić information content (AvgIpc) is 2.03. The third kappa shape index (κ3) is 1.50. The number of piperazine rings is 1. The van der Waals surface area contributed by atoms with Crippen molar-refractivity contribution in [3.05, 3.63) is 0 Å². The van der Waals surface area contributed by atoms with E-state index in [1.165, 1.54) is 19.5 Å². The third-order valence-corrected chi connectivity index (χ3v) is 3.60. The lowest BCUT2D eigenvalue weighted by Gasteiger charge is -2.59. The van der Waals surface area contributed by atoms with Crippen molar-refractivity contribution in [1.82, 2.24) is 9.80 Å². The van der Waals surface area contributed by atoms with Gasteiger partial charge in [-0.05, 0) is 34.1 Å². The molecule has 3 aliphatic heterocycles. The van der Waals surface area contributed by atoms with Crippen LogP contribution < -0.4 is 0 Å². The Labute approximate surface area is 81.9 Å². The van der Waals surface area contributed by atoms with Gasteiger partial charge in [0.15, 0.2) is 0 Å². The highest BCUT2D eigenvalue weighted by Gasteiger charge is 2.45. The van der Waals surface area contributed by atoms with E-state index in [2.05, 4.69) is 37.5 Å². The maximum absolute atomic E-state index is 2.69. The largest absolute Gasteiger partial charge is 0.298 e. The molecule has 13 heavy (non-hydrogen) atoms. The maximum atomic E-state index is 2.69. The van der Waals surface area contributed by atoms with Crippen LogP contribution in [0.4, 0.5) is 0 Å². The van der Waals surface area contributed by atoms with Gasteiger partial charge in [0.1, 0.15) is 0 Å². The van der Waals surface area contributed by atoms with Gasteiger partial charge in [-0.2, -0.15) is 0 Å². The second-order valence-corrected chi connectivity index (χ2v) is 5.13. The van der Waals surface area contributed by atoms with Crippen molar-refractivity contribution in [2.75, 3.05) is 13.1 Å². The number of fused-ring (bicyclic) bond motifs is 2. The third-order valence-electron chi connectivity index (χ3n) is 3.60. The van der Waals surface area contributed by atoms with Crippen molar-refractivity contribution in [2.45, 2.75) is 58.3 Å². The van der Waals surface area contributed by atoms with E-state index in [9.17, 15) is 0 Å². The van der Waals surface area contributed by atoms with Crippen molar-refractivity contribution in [3.63, 3.8) is 0 Å². The van der Waals surface area contributed by atoms with Crippen molar-refractivity contribution >= 4 is 0 Å². The molecule has 0 aromatic carbocycles. The predicted molar refractivity (Wildman–Crippen MR) is 55.9 cm³/mol. The first kappa shape index (κ1) is 9.47. The van der Waals surface area contributed by atoms with Crippen LogP contribution in [0.3, 0.4) is 0 Å². The van der Waals surface area contributed by atoms with E-state index < -0.39 is 0 Å². The van der Waals surface area contributed by atoms with Crippen molar-refractivity contribution in [2.24, 2.45) is 0 Å². The molecule has 2 heteroatoms. The monoisotopic (exact) mass is 182 g/mol. The van der Waals surface area contributed by atoms with Gasteiger partial charge in [-0.25, -0.2) is 0 Å². The van der Waals surface area contributed by atoms with Gasteiger partial charge in [0, 0.05) is 37.3 Å². The number of hydrogen-bond donors (Lipinski definition) is 0. The summed E-state index contributed by atoms with van der Waals surface area (Å²) in [5.74, 6) is 0. The van der Waals surface area contributed by atoms with Crippen molar-refractivity contribution < 1.29 is 0 Å². The van der Waals surface area contributed by atoms with Crippen LogP contribution in [0.2, 0.25) is 0 Å². The molecule has 0 aromatic rings. The SMILES string of the molecule is CC(C)N1C[C@H]2C[C@@H](C1)N2C(C)C. The zero-order valence-corrected chi connectivity index (χ0v) is 9.33. The fourth-order valence-electron chi connectivity index (χ4n) is 2.94. The number of rotatable bonds is 2. The zero-order valence-electron chi connectivity index (χ0n) is 9.33. The lowest BCUT2D eigenvalue weighted by Crippen LogP contribution is -2.71. The summed E-state index contributed by atoms with van der Waals surface area (Å²) in [5.41, 5.74) is 0. The Kier molecular flexibility index (Phi) is 2.37. The first-order valence-corrected chi connectivity index (χ1v) is 5.61. The van der Waals surface area contributed by atoms with Crippen LogP contribution in [0, 0.1) is 0 Å². The van der Waals surface area contributed by atoms with Crippen LogP contribution in [0.5, 0.6) is 0 Å². The highest BCUT2D eigenvalue weighted by Crippen LogP contribution is 2.34. The van der Waals surface area contributed by atoms with E-state index >= 15 is 0 Å². The number of piperidine rings is 1. The topological polar surface area (TPSA) is 6.48 Å². The van der Waals surface area contributed by atoms with Crippen LogP contribution in [0.15, 0.2) is 0 Å². The van der Waals surface area contributed by atoms with Crippen molar-refractivity contribution in [1.29, 1.82) is 0 Å². The minimum atomic E-state index is 0.736. The summed E-state index contributed by atoms with van der Waals surface area (Å²) >= 11 is 0. The van der Waals surface area contributed by atoms with Gasteiger partial charge < -0.3 is 0 Å². The molecule has 3 fully saturated rings. The minimum absolute atomic E-state index is 0.736. The Bertz CT molecular complexity index is 177. The van der Waals surface area contributed by atoms with E-state index in [0.717, 1.165) is 24.2 Å². The summed E-state index contributed by atoms with van der Waals surface area (Å²) < 4.78 is 0. The minimum Gasteiger partial charge on any atom is -0.298 e. The van der Waals surface area contributed by atoms with Gasteiger partial charge >= 0.3 is 0 Å². The van der Waals surface area contributed by atoms with E-state index in [0.29, 0.717) is 0 Å². The number of nitrogens with zero attached hydrogens (tertiary/aromatic N) is 2. The van der Waals surface area contributed by atoms with E-state index in [4.69, 9.17) is 0 Å². The molecular weight excluding hydrogens is 160 g/mol. The van der Waals surface area contributed by atoms with E-state index in [1.54, 1.807) is 0 Å². The highest BCUT2D eigenvalue weighted by molar-refractivity contribution is 5.02. The Balaban J connectivity index is 1.94. The lowest BCUT2D eigenvalue weighted by atomic mass is 9.85. The number of hydrogen-bond acceptors (Lipinski definition) is 2. The fourth-order valence-corrected chi connectivity index (χ4v) is 2.94. The molecule has 0 aromatic heterocycles. The first-order valence-electron chi connectivity index (χ1n) is 5.61. The van der Waals surface area contributed by atoms with E-state index in [1.807, 2.05) is 0 Å². The molecule has 76 valence electrons. The first-order chi connectivity index (χ1) is 6.09. The molecule has 2 atom stereocenters. The Morgan fingerprint density at radius 2 is 1.46 bits per heavy atom. The molecule has 2 bridgehead atoms. The van der Waals surface area contributed by atoms with Crippen LogP contribution in [-0.2, 0) is 0 Å². The molecule has 0 aliphatic carbocycles. The molecule has 0 N–H and O–H groups in total. The summed E-state index contributed by atoms with van der Waals surface area (Å²) in [6.45, 7) is 11.9. The molecule has 0 saturated carbocycles. The second kappa shape index (κ2) is 3.25. The normalized spacial score (nSPS) is 35.5. The zero-order chi connectivity index (χ0) is 9.59. The van der Waals surface area contributed by atoms with Gasteiger partial charge in [0.25, 0.3) is 0 Å². The van der Waals surface area contributed by atoms with Gasteiger partial charge in [-0.15, -0.1) is 0 Å². The van der Waals surface area contributed by atoms with Gasteiger partial charge in [-0.3, -0.25) is 9.80 Å². The smallest absolute Gasteiger partial charge is 0.0244 e. The summed E-state index contributed by atoms with van der Waals surface area (Å²) in [6.07, 6.45) is 1.45. The molecule has 0 spiro atoms. The standard InChI is InChI=1S/C11H22N2/c1-8(2)12-6-10-5-11(7-12)13(10)9(3)4/h8-11H,5-7H2,1-4H3/t10-,11+. The summed E-state index contributed by atoms with van der Waals surface area (Å²) in [4.78, 5) is 5.32. The maximum Gasteiger partial charge on any atom is 0.0244 e. The Morgan fingerprint density at radius 1 is 0.923 bits per heavy atom. The Morgan fingerprint density at radius 3 is 1.85 bits per heavy atom. The predicted octanol–water partition coefficient (Wildman–Crippen LogP) is 1.56. The van der Waals surface area contributed by atoms with Crippen LogP contribution in [0.25, 0.3) is 0 Å². The van der Waals surface area contributed by atoms with Crippen molar-refractivity contribution in [3.8, 4) is 0 Å². The van der Waals surface area contributed by atoms with Crippen LogP contribution in [0.1, 0.15) is 34.1 Å². The summed E-state index contributed by atoms with van der Waals surface area (Å²) in [7, 11) is 0. The second-order valence-electron chi connectivity index (χ2n) is 5.13. The van der Waals surface area contributed by atoms with Crippen LogP contribution in [-0.4, -0.2) is 47.1 Å². The summed E-state index contributed by atoms with van der Waals surface area (Å²) in [5, 5.41) is 0. The summed E-state index contributed by atoms with van der Waals surface area (Å²) in [6, 6.07) is 3.21. The van der Waals surface area contributed by atoms with Gasteiger partial charge in [-0.1, -0.05) is 0 Å². The Hall–Kier alpha value is -0.0800. The molecule has 3 aliphatic rings. The van der Waals surface area contributed by atoms with Gasteiger partial charge in [0.2, 0.25) is 0 Å². The quantitative estimate of drug-likeness (QED) is 0.639. The lowest BCUT2D eigenvalue weighted by molar-refractivity contribution is -0.0955. The van der Waals surface area contributed by atoms with Gasteiger partial charge in [0.05, 0.1) is 0 Å². The molecule has 3 heterocycles. The van der Waals surface area contributed by atoms with E-state index in [-0.39, 0.29) is 0 Å².